The van der Waals surface area contributed by atoms with E-state index in [1.54, 1.807) is 0 Å². The van der Waals surface area contributed by atoms with Gasteiger partial charge >= 0.3 is 5.97 Å². The normalized spacial score (nSPS) is 16.5. The molecule has 1 aliphatic rings. The monoisotopic (exact) mass is 283 g/mol. The van der Waals surface area contributed by atoms with E-state index in [4.69, 9.17) is 4.74 Å². The molecular formula is C16H29NO3. The average molecular weight is 283 g/mol. The van der Waals surface area contributed by atoms with E-state index < -0.39 is 0 Å². The van der Waals surface area contributed by atoms with Gasteiger partial charge < -0.3 is 9.64 Å². The number of carbonyl (C=O) groups is 2. The molecular weight excluding hydrogens is 254 g/mol. The van der Waals surface area contributed by atoms with E-state index in [0.717, 1.165) is 25.7 Å². The first-order chi connectivity index (χ1) is 9.69. The highest BCUT2D eigenvalue weighted by molar-refractivity contribution is 5.77. The minimum absolute atomic E-state index is 0.211. The van der Waals surface area contributed by atoms with Crippen molar-refractivity contribution in [3.05, 3.63) is 0 Å². The number of amides is 1. The van der Waals surface area contributed by atoms with Gasteiger partial charge in [0.25, 0.3) is 0 Å². The number of rotatable bonds is 7. The maximum atomic E-state index is 12.4. The predicted molar refractivity (Wildman–Crippen MR) is 79.4 cm³/mol. The molecule has 0 aromatic rings. The Labute approximate surface area is 122 Å². The Hall–Kier alpha value is -1.06. The second-order valence-corrected chi connectivity index (χ2v) is 5.66. The summed E-state index contributed by atoms with van der Waals surface area (Å²) in [5.41, 5.74) is 0. The quantitative estimate of drug-likeness (QED) is 0.532. The lowest BCUT2D eigenvalue weighted by Crippen LogP contribution is -2.41. The van der Waals surface area contributed by atoms with Crippen LogP contribution < -0.4 is 0 Å². The van der Waals surface area contributed by atoms with Crippen LogP contribution in [-0.2, 0) is 14.3 Å². The standard InChI is InChI=1S/C16H29NO3/c1-3-4-11-15(18)17(13-12-16(19)20-2)14-9-7-5-6-8-10-14/h14H,3-13H2,1-2H3. The number of hydrogen-bond acceptors (Lipinski definition) is 3. The molecule has 0 atom stereocenters. The number of hydrogen-bond donors (Lipinski definition) is 0. The van der Waals surface area contributed by atoms with Gasteiger partial charge in [0, 0.05) is 19.0 Å². The first-order valence-electron chi connectivity index (χ1n) is 8.05. The van der Waals surface area contributed by atoms with Gasteiger partial charge in [0.1, 0.15) is 0 Å². The number of carbonyl (C=O) groups excluding carboxylic acids is 2. The highest BCUT2D eigenvalue weighted by atomic mass is 16.5. The predicted octanol–water partition coefficient (Wildman–Crippen LogP) is 3.29. The average Bonchev–Trinajstić information content (AvgIpc) is 2.74. The first kappa shape index (κ1) is 17.0. The van der Waals surface area contributed by atoms with Crippen molar-refractivity contribution in [2.24, 2.45) is 0 Å². The molecule has 0 heterocycles. The molecule has 0 bridgehead atoms. The van der Waals surface area contributed by atoms with Crippen molar-refractivity contribution in [1.29, 1.82) is 0 Å². The number of ether oxygens (including phenoxy) is 1. The van der Waals surface area contributed by atoms with Crippen molar-refractivity contribution in [1.82, 2.24) is 4.90 Å². The lowest BCUT2D eigenvalue weighted by molar-refractivity contribution is -0.142. The fourth-order valence-corrected chi connectivity index (χ4v) is 2.87. The third-order valence-electron chi connectivity index (χ3n) is 4.11. The largest absolute Gasteiger partial charge is 0.469 e. The highest BCUT2D eigenvalue weighted by Gasteiger charge is 2.24. The zero-order valence-corrected chi connectivity index (χ0v) is 13.0. The molecule has 0 unspecified atom stereocenters. The van der Waals surface area contributed by atoms with E-state index in [9.17, 15) is 9.59 Å². The Morgan fingerprint density at radius 2 is 1.75 bits per heavy atom. The van der Waals surface area contributed by atoms with Gasteiger partial charge in [-0.3, -0.25) is 9.59 Å². The van der Waals surface area contributed by atoms with Crippen molar-refractivity contribution in [2.75, 3.05) is 13.7 Å². The molecule has 0 spiro atoms. The summed E-state index contributed by atoms with van der Waals surface area (Å²) in [6, 6.07) is 0.325. The molecule has 0 aliphatic heterocycles. The van der Waals surface area contributed by atoms with Gasteiger partial charge in [-0.05, 0) is 19.3 Å². The Bertz CT molecular complexity index is 296. The molecule has 4 nitrogen and oxygen atoms in total. The summed E-state index contributed by atoms with van der Waals surface area (Å²) in [5, 5.41) is 0. The van der Waals surface area contributed by atoms with Crippen LogP contribution in [-0.4, -0.2) is 36.5 Å². The van der Waals surface area contributed by atoms with Crippen molar-refractivity contribution < 1.29 is 14.3 Å². The van der Waals surface area contributed by atoms with Crippen LogP contribution in [0.3, 0.4) is 0 Å². The smallest absolute Gasteiger partial charge is 0.307 e. The van der Waals surface area contributed by atoms with Crippen LogP contribution in [0.25, 0.3) is 0 Å². The molecule has 0 radical (unpaired) electrons. The molecule has 20 heavy (non-hydrogen) atoms. The topological polar surface area (TPSA) is 46.6 Å². The highest BCUT2D eigenvalue weighted by Crippen LogP contribution is 2.23. The number of esters is 1. The summed E-state index contributed by atoms with van der Waals surface area (Å²) in [5.74, 6) is -0.0189. The molecule has 1 aliphatic carbocycles. The molecule has 0 aromatic heterocycles. The zero-order valence-electron chi connectivity index (χ0n) is 13.0. The molecule has 0 aromatic carbocycles. The van der Waals surface area contributed by atoms with E-state index in [1.165, 1.54) is 32.8 Å². The summed E-state index contributed by atoms with van der Waals surface area (Å²) in [7, 11) is 1.40. The third kappa shape index (κ3) is 5.93. The van der Waals surface area contributed by atoms with Crippen LogP contribution in [0.4, 0.5) is 0 Å². The summed E-state index contributed by atoms with van der Waals surface area (Å²) >= 11 is 0. The van der Waals surface area contributed by atoms with Crippen LogP contribution in [0.15, 0.2) is 0 Å². The molecule has 0 saturated heterocycles. The van der Waals surface area contributed by atoms with E-state index >= 15 is 0 Å². The molecule has 1 amide bonds. The number of nitrogens with zero attached hydrogens (tertiary/aromatic N) is 1. The Kier molecular flexibility index (Phi) is 8.31. The van der Waals surface area contributed by atoms with E-state index in [0.29, 0.717) is 25.4 Å². The summed E-state index contributed by atoms with van der Waals surface area (Å²) < 4.78 is 4.70. The third-order valence-corrected chi connectivity index (χ3v) is 4.11. The zero-order chi connectivity index (χ0) is 14.8. The summed E-state index contributed by atoms with van der Waals surface area (Å²) in [4.78, 5) is 25.7. The van der Waals surface area contributed by atoms with Gasteiger partial charge in [-0.2, -0.15) is 0 Å². The minimum Gasteiger partial charge on any atom is -0.469 e. The van der Waals surface area contributed by atoms with Crippen molar-refractivity contribution in [3.63, 3.8) is 0 Å². The number of methoxy groups -OCH3 is 1. The molecule has 1 fully saturated rings. The molecule has 0 N–H and O–H groups in total. The van der Waals surface area contributed by atoms with Crippen molar-refractivity contribution in [2.45, 2.75) is 77.2 Å². The molecule has 1 saturated carbocycles. The lowest BCUT2D eigenvalue weighted by atomic mass is 10.1. The molecule has 116 valence electrons. The second kappa shape index (κ2) is 9.78. The first-order valence-corrected chi connectivity index (χ1v) is 8.05. The van der Waals surface area contributed by atoms with Gasteiger partial charge in [-0.15, -0.1) is 0 Å². The van der Waals surface area contributed by atoms with Gasteiger partial charge in [0.2, 0.25) is 5.91 Å². The van der Waals surface area contributed by atoms with Crippen molar-refractivity contribution in [3.8, 4) is 0 Å². The Balaban J connectivity index is 2.60. The van der Waals surface area contributed by atoms with Gasteiger partial charge in [-0.25, -0.2) is 0 Å². The van der Waals surface area contributed by atoms with E-state index in [2.05, 4.69) is 6.92 Å². The van der Waals surface area contributed by atoms with Crippen LogP contribution in [0, 0.1) is 0 Å². The van der Waals surface area contributed by atoms with Gasteiger partial charge in [0.05, 0.1) is 13.5 Å². The van der Waals surface area contributed by atoms with E-state index in [-0.39, 0.29) is 11.9 Å². The van der Waals surface area contributed by atoms with Gasteiger partial charge in [-0.1, -0.05) is 39.0 Å². The minimum atomic E-state index is -0.230. The lowest BCUT2D eigenvalue weighted by Gasteiger charge is -2.31. The second-order valence-electron chi connectivity index (χ2n) is 5.66. The Morgan fingerprint density at radius 3 is 2.30 bits per heavy atom. The van der Waals surface area contributed by atoms with Crippen LogP contribution in [0.1, 0.15) is 71.1 Å². The maximum absolute atomic E-state index is 12.4. The van der Waals surface area contributed by atoms with Gasteiger partial charge in [0.15, 0.2) is 0 Å². The van der Waals surface area contributed by atoms with Crippen molar-refractivity contribution >= 4 is 11.9 Å². The maximum Gasteiger partial charge on any atom is 0.307 e. The fraction of sp³-hybridized carbons (Fsp3) is 0.875. The summed E-state index contributed by atoms with van der Waals surface area (Å²) in [6.07, 6.45) is 9.97. The van der Waals surface area contributed by atoms with Crippen LogP contribution >= 0.6 is 0 Å². The molecule has 1 rings (SSSR count). The fourth-order valence-electron chi connectivity index (χ4n) is 2.87. The van der Waals surface area contributed by atoms with Crippen LogP contribution in [0.5, 0.6) is 0 Å². The van der Waals surface area contributed by atoms with Crippen LogP contribution in [0.2, 0.25) is 0 Å². The SMILES string of the molecule is CCCCC(=O)N(CCC(=O)OC)C1CCCCCC1. The number of unbranched alkanes of at least 4 members (excludes halogenated alkanes) is 1. The summed E-state index contributed by atoms with van der Waals surface area (Å²) in [6.45, 7) is 2.61. The Morgan fingerprint density at radius 1 is 1.10 bits per heavy atom. The molecule has 4 heteroatoms. The van der Waals surface area contributed by atoms with E-state index in [1.807, 2.05) is 4.90 Å².